The number of rotatable bonds is 9. The van der Waals surface area contributed by atoms with Crippen molar-refractivity contribution in [3.05, 3.63) is 12.3 Å². The number of hydrogen-bond acceptors (Lipinski definition) is 3. The minimum absolute atomic E-state index is 0.122. The lowest BCUT2D eigenvalue weighted by molar-refractivity contribution is -0.144. The Balaban J connectivity index is 3.52. The zero-order valence-corrected chi connectivity index (χ0v) is 10.8. The summed E-state index contributed by atoms with van der Waals surface area (Å²) < 4.78 is 10.2. The molecule has 0 amide bonds. The van der Waals surface area contributed by atoms with Crippen molar-refractivity contribution in [2.75, 3.05) is 13.2 Å². The number of carbonyl (C=O) groups is 1. The third-order valence-electron chi connectivity index (χ3n) is 2.05. The number of hydrogen-bond donors (Lipinski definition) is 0. The number of esters is 1. The van der Waals surface area contributed by atoms with Gasteiger partial charge in [0.15, 0.2) is 5.76 Å². The van der Waals surface area contributed by atoms with Crippen molar-refractivity contribution < 1.29 is 14.3 Å². The first-order chi connectivity index (χ1) is 7.57. The summed E-state index contributed by atoms with van der Waals surface area (Å²) in [4.78, 5) is 11.3. The normalized spacial score (nSPS) is 10.2. The number of carbonyl (C=O) groups excluding carboxylic acids is 1. The lowest BCUT2D eigenvalue weighted by Gasteiger charge is -2.10. The first-order valence-corrected chi connectivity index (χ1v) is 6.06. The van der Waals surface area contributed by atoms with Crippen LogP contribution < -0.4 is 0 Å². The summed E-state index contributed by atoms with van der Waals surface area (Å²) in [5, 5.41) is 0. The van der Waals surface area contributed by atoms with Crippen molar-refractivity contribution in [3.63, 3.8) is 0 Å². The summed E-state index contributed by atoms with van der Waals surface area (Å²) in [5.74, 6) is 0.0163. The first kappa shape index (κ1) is 15.0. The second-order valence-electron chi connectivity index (χ2n) is 4.32. The van der Waals surface area contributed by atoms with E-state index in [4.69, 9.17) is 9.47 Å². The number of ether oxygens (including phenoxy) is 2. The summed E-state index contributed by atoms with van der Waals surface area (Å²) in [6, 6.07) is 0. The highest BCUT2D eigenvalue weighted by Crippen LogP contribution is 2.04. The SMILES string of the molecule is C=C(OCCCCCC)C(=O)OCC(C)C. The predicted molar refractivity (Wildman–Crippen MR) is 65.0 cm³/mol. The summed E-state index contributed by atoms with van der Waals surface area (Å²) in [5.41, 5.74) is 0. The minimum atomic E-state index is -0.441. The van der Waals surface area contributed by atoms with E-state index in [0.717, 1.165) is 12.8 Å². The van der Waals surface area contributed by atoms with Crippen LogP contribution in [0.5, 0.6) is 0 Å². The minimum Gasteiger partial charge on any atom is -0.487 e. The Morgan fingerprint density at radius 1 is 1.19 bits per heavy atom. The van der Waals surface area contributed by atoms with E-state index in [1.165, 1.54) is 12.8 Å². The van der Waals surface area contributed by atoms with Crippen LogP contribution in [-0.2, 0) is 14.3 Å². The molecule has 0 fully saturated rings. The Morgan fingerprint density at radius 2 is 1.88 bits per heavy atom. The highest BCUT2D eigenvalue weighted by molar-refractivity contribution is 5.85. The van der Waals surface area contributed by atoms with Crippen molar-refractivity contribution in [3.8, 4) is 0 Å². The van der Waals surface area contributed by atoms with Crippen molar-refractivity contribution >= 4 is 5.97 Å². The second-order valence-corrected chi connectivity index (χ2v) is 4.32. The van der Waals surface area contributed by atoms with Gasteiger partial charge in [-0.2, -0.15) is 0 Å². The molecule has 0 unspecified atom stereocenters. The molecule has 16 heavy (non-hydrogen) atoms. The standard InChI is InChI=1S/C13H24O3/c1-5-6-7-8-9-15-12(4)13(14)16-10-11(2)3/h11H,4-10H2,1-3H3. The van der Waals surface area contributed by atoms with Gasteiger partial charge in [-0.1, -0.05) is 40.0 Å². The highest BCUT2D eigenvalue weighted by atomic mass is 16.6. The molecule has 3 heteroatoms. The van der Waals surface area contributed by atoms with Gasteiger partial charge in [0.25, 0.3) is 0 Å². The van der Waals surface area contributed by atoms with Crippen LogP contribution in [0.1, 0.15) is 46.5 Å². The van der Waals surface area contributed by atoms with E-state index in [9.17, 15) is 4.79 Å². The Labute approximate surface area is 98.8 Å². The lowest BCUT2D eigenvalue weighted by atomic mass is 10.2. The molecule has 94 valence electrons. The molecule has 0 aromatic rings. The monoisotopic (exact) mass is 228 g/mol. The molecule has 0 saturated heterocycles. The Morgan fingerprint density at radius 3 is 2.44 bits per heavy atom. The molecule has 0 aliphatic carbocycles. The van der Waals surface area contributed by atoms with E-state index in [-0.39, 0.29) is 5.76 Å². The van der Waals surface area contributed by atoms with E-state index >= 15 is 0 Å². The molecule has 0 aliphatic heterocycles. The fourth-order valence-corrected chi connectivity index (χ4v) is 1.11. The van der Waals surface area contributed by atoms with Gasteiger partial charge >= 0.3 is 5.97 Å². The lowest BCUT2D eigenvalue weighted by Crippen LogP contribution is -2.13. The van der Waals surface area contributed by atoms with Crippen molar-refractivity contribution in [1.29, 1.82) is 0 Å². The summed E-state index contributed by atoms with van der Waals surface area (Å²) in [6.07, 6.45) is 4.49. The van der Waals surface area contributed by atoms with Crippen LogP contribution in [-0.4, -0.2) is 19.2 Å². The second kappa shape index (κ2) is 9.25. The molecule has 3 nitrogen and oxygen atoms in total. The van der Waals surface area contributed by atoms with Crippen LogP contribution in [0.25, 0.3) is 0 Å². The van der Waals surface area contributed by atoms with Gasteiger partial charge in [0.05, 0.1) is 13.2 Å². The van der Waals surface area contributed by atoms with Gasteiger partial charge in [-0.25, -0.2) is 4.79 Å². The summed E-state index contributed by atoms with van der Waals surface area (Å²) in [7, 11) is 0. The van der Waals surface area contributed by atoms with E-state index in [1.54, 1.807) is 0 Å². The van der Waals surface area contributed by atoms with Crippen LogP contribution in [0.2, 0.25) is 0 Å². The molecule has 0 aromatic heterocycles. The van der Waals surface area contributed by atoms with Crippen LogP contribution in [0.4, 0.5) is 0 Å². The van der Waals surface area contributed by atoms with Gasteiger partial charge in [0, 0.05) is 0 Å². The molecular weight excluding hydrogens is 204 g/mol. The van der Waals surface area contributed by atoms with E-state index in [1.807, 2.05) is 13.8 Å². The topological polar surface area (TPSA) is 35.5 Å². The molecule has 0 radical (unpaired) electrons. The Kier molecular flexibility index (Phi) is 8.68. The van der Waals surface area contributed by atoms with Crippen LogP contribution in [0, 0.1) is 5.92 Å². The van der Waals surface area contributed by atoms with Crippen LogP contribution in [0.15, 0.2) is 12.3 Å². The average molecular weight is 228 g/mol. The maximum atomic E-state index is 11.3. The Hall–Kier alpha value is -0.990. The van der Waals surface area contributed by atoms with Crippen LogP contribution >= 0.6 is 0 Å². The zero-order valence-electron chi connectivity index (χ0n) is 10.8. The third-order valence-corrected chi connectivity index (χ3v) is 2.05. The third kappa shape index (κ3) is 8.33. The quantitative estimate of drug-likeness (QED) is 0.263. The Bertz CT molecular complexity index is 209. The largest absolute Gasteiger partial charge is 0.487 e. The molecule has 0 heterocycles. The molecule has 0 spiro atoms. The van der Waals surface area contributed by atoms with Gasteiger partial charge in [0.1, 0.15) is 0 Å². The van der Waals surface area contributed by atoms with Crippen molar-refractivity contribution in [1.82, 2.24) is 0 Å². The smallest absolute Gasteiger partial charge is 0.372 e. The van der Waals surface area contributed by atoms with E-state index < -0.39 is 5.97 Å². The van der Waals surface area contributed by atoms with Crippen molar-refractivity contribution in [2.24, 2.45) is 5.92 Å². The summed E-state index contributed by atoms with van der Waals surface area (Å²) in [6.45, 7) is 10.6. The van der Waals surface area contributed by atoms with E-state index in [2.05, 4.69) is 13.5 Å². The molecular formula is C13H24O3. The van der Waals surface area contributed by atoms with Gasteiger partial charge in [-0.05, 0) is 18.9 Å². The predicted octanol–water partition coefficient (Wildman–Crippen LogP) is 3.30. The maximum Gasteiger partial charge on any atom is 0.372 e. The molecule has 0 bridgehead atoms. The van der Waals surface area contributed by atoms with Crippen molar-refractivity contribution in [2.45, 2.75) is 46.5 Å². The fraction of sp³-hybridized carbons (Fsp3) is 0.769. The van der Waals surface area contributed by atoms with Gasteiger partial charge < -0.3 is 9.47 Å². The first-order valence-electron chi connectivity index (χ1n) is 6.06. The zero-order chi connectivity index (χ0) is 12.4. The molecule has 0 aliphatic rings. The average Bonchev–Trinajstić information content (AvgIpc) is 2.25. The molecule has 0 atom stereocenters. The van der Waals surface area contributed by atoms with E-state index in [0.29, 0.717) is 19.1 Å². The molecule has 0 rings (SSSR count). The van der Waals surface area contributed by atoms with Gasteiger partial charge in [-0.15, -0.1) is 0 Å². The molecule has 0 N–H and O–H groups in total. The molecule has 0 aromatic carbocycles. The van der Waals surface area contributed by atoms with Gasteiger partial charge in [0.2, 0.25) is 0 Å². The van der Waals surface area contributed by atoms with Crippen LogP contribution in [0.3, 0.4) is 0 Å². The maximum absolute atomic E-state index is 11.3. The molecule has 0 saturated carbocycles. The fourth-order valence-electron chi connectivity index (χ4n) is 1.11. The summed E-state index contributed by atoms with van der Waals surface area (Å²) >= 11 is 0. The number of unbranched alkanes of at least 4 members (excludes halogenated alkanes) is 3. The highest BCUT2D eigenvalue weighted by Gasteiger charge is 2.10. The van der Waals surface area contributed by atoms with Gasteiger partial charge in [-0.3, -0.25) is 0 Å².